The number of nitrogens with zero attached hydrogens (tertiary/aromatic N) is 3. The van der Waals surface area contributed by atoms with Crippen molar-refractivity contribution < 1.29 is 0 Å². The minimum Gasteiger partial charge on any atom is -0.306 e. The maximum atomic E-state index is 5.07. The molecule has 4 heteroatoms. The average Bonchev–Trinajstić information content (AvgIpc) is 3.20. The Morgan fingerprint density at radius 1 is 0.625 bits per heavy atom. The molecule has 4 aromatic carbocycles. The van der Waals surface area contributed by atoms with Gasteiger partial charge in [0.2, 0.25) is 0 Å². The summed E-state index contributed by atoms with van der Waals surface area (Å²) in [6.07, 6.45) is 1.96. The molecule has 0 saturated heterocycles. The van der Waals surface area contributed by atoms with Crippen molar-refractivity contribution in [2.75, 3.05) is 0 Å². The highest BCUT2D eigenvalue weighted by Crippen LogP contribution is 2.35. The molecule has 0 N–H and O–H groups in total. The molecule has 32 heavy (non-hydrogen) atoms. The maximum Gasteiger partial charge on any atom is 0.159 e. The van der Waals surface area contributed by atoms with Gasteiger partial charge in [-0.15, -0.1) is 0 Å². The average molecular weight is 409 g/mol. The first-order valence-electron chi connectivity index (χ1n) is 10.8. The fraction of sp³-hybridized carbons (Fsp3) is 0. The van der Waals surface area contributed by atoms with Crippen molar-refractivity contribution >= 4 is 35.1 Å². The van der Waals surface area contributed by atoms with Crippen LogP contribution in [0.1, 0.15) is 0 Å². The van der Waals surface area contributed by atoms with Crippen LogP contribution in [0.4, 0.5) is 0 Å². The standard InChI is InChI=1S/C28H20BN3/c29-22-15-9-17-24-26(22)21-14-7-8-16-23(21)32(24)25-18-30-28(20-12-5-2-6-13-20)31-27(25)19-10-3-1-4-11-19/h1-18H,29H2. The molecule has 0 saturated carbocycles. The molecule has 0 amide bonds. The Hall–Kier alpha value is -4.18. The first kappa shape index (κ1) is 18.6. The van der Waals surface area contributed by atoms with Gasteiger partial charge in [-0.25, -0.2) is 9.97 Å². The van der Waals surface area contributed by atoms with Gasteiger partial charge in [0.25, 0.3) is 0 Å². The number of benzene rings is 4. The summed E-state index contributed by atoms with van der Waals surface area (Å²) in [7, 11) is 2.17. The number of rotatable bonds is 3. The van der Waals surface area contributed by atoms with Crippen LogP contribution in [0, 0.1) is 0 Å². The van der Waals surface area contributed by atoms with E-state index < -0.39 is 0 Å². The summed E-state index contributed by atoms with van der Waals surface area (Å²) in [5.41, 5.74) is 7.57. The number of hydrogen-bond donors (Lipinski definition) is 0. The molecular weight excluding hydrogens is 389 g/mol. The second-order valence-corrected chi connectivity index (χ2v) is 7.98. The van der Waals surface area contributed by atoms with Gasteiger partial charge in [0.05, 0.1) is 28.6 Å². The zero-order chi connectivity index (χ0) is 21.5. The Morgan fingerprint density at radius 3 is 2.06 bits per heavy atom. The SMILES string of the molecule is Bc1cccc2c1c1ccccc1n2-c1cnc(-c2ccccc2)nc1-c1ccccc1. The predicted molar refractivity (Wildman–Crippen MR) is 135 cm³/mol. The van der Waals surface area contributed by atoms with Crippen molar-refractivity contribution in [2.45, 2.75) is 0 Å². The van der Waals surface area contributed by atoms with E-state index in [0.717, 1.165) is 33.8 Å². The lowest BCUT2D eigenvalue weighted by molar-refractivity contribution is 1.09. The van der Waals surface area contributed by atoms with E-state index in [1.807, 2.05) is 42.6 Å². The smallest absolute Gasteiger partial charge is 0.159 e. The van der Waals surface area contributed by atoms with Crippen LogP contribution in [-0.2, 0) is 0 Å². The highest BCUT2D eigenvalue weighted by atomic mass is 15.0. The zero-order valence-electron chi connectivity index (χ0n) is 17.7. The summed E-state index contributed by atoms with van der Waals surface area (Å²) in [5.74, 6) is 0.727. The molecule has 0 unspecified atom stereocenters. The number of hydrogen-bond acceptors (Lipinski definition) is 2. The van der Waals surface area contributed by atoms with Crippen LogP contribution in [-0.4, -0.2) is 22.4 Å². The molecule has 0 aliphatic carbocycles. The van der Waals surface area contributed by atoms with E-state index >= 15 is 0 Å². The van der Waals surface area contributed by atoms with E-state index in [0.29, 0.717) is 0 Å². The molecule has 0 atom stereocenters. The van der Waals surface area contributed by atoms with Gasteiger partial charge < -0.3 is 4.57 Å². The molecule has 0 spiro atoms. The molecule has 6 aromatic rings. The number of fused-ring (bicyclic) bond motifs is 3. The lowest BCUT2D eigenvalue weighted by atomic mass is 9.91. The van der Waals surface area contributed by atoms with E-state index in [1.165, 1.54) is 21.8 Å². The zero-order valence-corrected chi connectivity index (χ0v) is 17.7. The Kier molecular flexibility index (Phi) is 4.36. The van der Waals surface area contributed by atoms with E-state index in [2.05, 4.69) is 79.1 Å². The summed E-state index contributed by atoms with van der Waals surface area (Å²) >= 11 is 0. The molecule has 0 aliphatic heterocycles. The van der Waals surface area contributed by atoms with E-state index in [-0.39, 0.29) is 0 Å². The van der Waals surface area contributed by atoms with Crippen molar-refractivity contribution in [3.05, 3.63) is 109 Å². The van der Waals surface area contributed by atoms with Gasteiger partial charge in [-0.05, 0) is 12.1 Å². The number of para-hydroxylation sites is 1. The quantitative estimate of drug-likeness (QED) is 0.378. The Balaban J connectivity index is 1.71. The lowest BCUT2D eigenvalue weighted by Gasteiger charge is -2.14. The van der Waals surface area contributed by atoms with Crippen LogP contribution in [0.15, 0.2) is 109 Å². The number of aromatic nitrogens is 3. The van der Waals surface area contributed by atoms with Gasteiger partial charge >= 0.3 is 0 Å². The molecule has 6 rings (SSSR count). The third-order valence-corrected chi connectivity index (χ3v) is 6.00. The predicted octanol–water partition coefficient (Wildman–Crippen LogP) is 5.17. The molecule has 0 radical (unpaired) electrons. The highest BCUT2D eigenvalue weighted by Gasteiger charge is 2.18. The van der Waals surface area contributed by atoms with Gasteiger partial charge in [-0.1, -0.05) is 96.5 Å². The van der Waals surface area contributed by atoms with E-state index in [4.69, 9.17) is 9.97 Å². The van der Waals surface area contributed by atoms with Crippen LogP contribution >= 0.6 is 0 Å². The van der Waals surface area contributed by atoms with E-state index in [1.54, 1.807) is 0 Å². The first-order chi connectivity index (χ1) is 15.8. The third kappa shape index (κ3) is 2.92. The minimum atomic E-state index is 0.727. The summed E-state index contributed by atoms with van der Waals surface area (Å²) in [6.45, 7) is 0. The Bertz CT molecular complexity index is 1570. The molecule has 0 fully saturated rings. The molecule has 0 bridgehead atoms. The fourth-order valence-corrected chi connectivity index (χ4v) is 4.53. The summed E-state index contributed by atoms with van der Waals surface area (Å²) < 4.78 is 2.30. The van der Waals surface area contributed by atoms with Crippen molar-refractivity contribution in [2.24, 2.45) is 0 Å². The van der Waals surface area contributed by atoms with Gasteiger partial charge in [0.1, 0.15) is 7.85 Å². The van der Waals surface area contributed by atoms with Gasteiger partial charge in [0, 0.05) is 21.9 Å². The second kappa shape index (κ2) is 7.50. The van der Waals surface area contributed by atoms with Crippen LogP contribution in [0.3, 0.4) is 0 Å². The molecule has 3 nitrogen and oxygen atoms in total. The van der Waals surface area contributed by atoms with Crippen molar-refractivity contribution in [1.82, 2.24) is 14.5 Å². The molecule has 2 aromatic heterocycles. The minimum absolute atomic E-state index is 0.727. The topological polar surface area (TPSA) is 30.7 Å². The van der Waals surface area contributed by atoms with Crippen LogP contribution in [0.5, 0.6) is 0 Å². The van der Waals surface area contributed by atoms with Gasteiger partial charge in [0.15, 0.2) is 5.82 Å². The third-order valence-electron chi connectivity index (χ3n) is 6.00. The Morgan fingerprint density at radius 2 is 1.28 bits per heavy atom. The summed E-state index contributed by atoms with van der Waals surface area (Å²) in [6, 6.07) is 35.6. The van der Waals surface area contributed by atoms with Crippen LogP contribution in [0.25, 0.3) is 50.1 Å². The largest absolute Gasteiger partial charge is 0.306 e. The summed E-state index contributed by atoms with van der Waals surface area (Å²) in [4.78, 5) is 9.87. The van der Waals surface area contributed by atoms with Crippen LogP contribution < -0.4 is 5.46 Å². The maximum absolute atomic E-state index is 5.07. The molecular formula is C28H20BN3. The Labute approximate surface area is 187 Å². The second-order valence-electron chi connectivity index (χ2n) is 7.98. The van der Waals surface area contributed by atoms with Crippen molar-refractivity contribution in [1.29, 1.82) is 0 Å². The fourth-order valence-electron chi connectivity index (χ4n) is 4.53. The molecule has 0 aliphatic rings. The molecule has 150 valence electrons. The molecule has 2 heterocycles. The normalized spacial score (nSPS) is 11.2. The lowest BCUT2D eigenvalue weighted by Crippen LogP contribution is -2.05. The highest BCUT2D eigenvalue weighted by molar-refractivity contribution is 6.41. The van der Waals surface area contributed by atoms with Gasteiger partial charge in [-0.3, -0.25) is 0 Å². The summed E-state index contributed by atoms with van der Waals surface area (Å²) in [5, 5.41) is 2.51. The van der Waals surface area contributed by atoms with Crippen molar-refractivity contribution in [3.63, 3.8) is 0 Å². The van der Waals surface area contributed by atoms with Crippen LogP contribution in [0.2, 0.25) is 0 Å². The van der Waals surface area contributed by atoms with Crippen molar-refractivity contribution in [3.8, 4) is 28.3 Å². The van der Waals surface area contributed by atoms with E-state index in [9.17, 15) is 0 Å². The van der Waals surface area contributed by atoms with Gasteiger partial charge in [-0.2, -0.15) is 0 Å². The monoisotopic (exact) mass is 409 g/mol. The first-order valence-corrected chi connectivity index (χ1v) is 10.8.